The third kappa shape index (κ3) is 11.0. The summed E-state index contributed by atoms with van der Waals surface area (Å²) >= 11 is 0. The number of benzene rings is 2. The van der Waals surface area contributed by atoms with E-state index in [9.17, 15) is 36.0 Å². The van der Waals surface area contributed by atoms with Gasteiger partial charge >= 0.3 is 11.9 Å². The highest BCUT2D eigenvalue weighted by Crippen LogP contribution is 2.30. The van der Waals surface area contributed by atoms with Gasteiger partial charge in [-0.15, -0.1) is 0 Å². The van der Waals surface area contributed by atoms with Crippen LogP contribution in [0.25, 0.3) is 0 Å². The molecule has 4 rings (SSSR count). The standard InChI is InChI=1S/C32H40N8O10S2/c1-51(45,46)25-19-21(9-11-23(25)39-15-5-3-6-16-39)29(43)35-31(33)37-49-27(41)13-14-28(42)50-38-32(34)36-30(44)22-10-12-24(26(20-22)52(2,47)48)40-17-7-4-8-18-40/h9-14,19-20H,3-8,15-18H2,1-2H3,(H3,33,35,37,43)(H3,34,36,38,44)/b14-13+. The number of aliphatic imine (C=N–C) groups is 2. The van der Waals surface area contributed by atoms with Gasteiger partial charge in [0.1, 0.15) is 0 Å². The zero-order chi connectivity index (χ0) is 38.1. The molecule has 2 fully saturated rings. The number of nitrogens with one attached hydrogen (secondary N) is 2. The van der Waals surface area contributed by atoms with E-state index in [2.05, 4.69) is 19.7 Å². The van der Waals surface area contributed by atoms with E-state index in [0.717, 1.165) is 51.0 Å². The van der Waals surface area contributed by atoms with Crippen molar-refractivity contribution in [3.05, 3.63) is 59.7 Å². The number of guanidine groups is 2. The van der Waals surface area contributed by atoms with Crippen molar-refractivity contribution in [1.82, 2.24) is 11.0 Å². The minimum atomic E-state index is -3.70. The summed E-state index contributed by atoms with van der Waals surface area (Å²) in [5.41, 5.74) is 16.0. The molecule has 280 valence electrons. The summed E-state index contributed by atoms with van der Waals surface area (Å²) in [4.78, 5) is 69.6. The van der Waals surface area contributed by atoms with Gasteiger partial charge in [-0.2, -0.15) is 20.9 Å². The van der Waals surface area contributed by atoms with Crippen LogP contribution >= 0.6 is 0 Å². The highest BCUT2D eigenvalue weighted by Gasteiger charge is 2.24. The molecule has 0 aliphatic carbocycles. The van der Waals surface area contributed by atoms with Crippen molar-refractivity contribution in [1.29, 1.82) is 0 Å². The molecule has 2 aliphatic heterocycles. The molecule has 0 spiro atoms. The smallest absolute Gasteiger partial charge is 0.356 e. The average molecular weight is 761 g/mol. The Hall–Kier alpha value is -5.50. The number of hydroxylamine groups is 2. The summed E-state index contributed by atoms with van der Waals surface area (Å²) in [6.07, 6.45) is 9.10. The Kier molecular flexibility index (Phi) is 13.0. The second kappa shape index (κ2) is 17.1. The van der Waals surface area contributed by atoms with E-state index in [1.807, 2.05) is 20.8 Å². The number of amides is 2. The number of anilines is 2. The first-order valence-corrected chi connectivity index (χ1v) is 19.9. The summed E-state index contributed by atoms with van der Waals surface area (Å²) < 4.78 is 49.9. The summed E-state index contributed by atoms with van der Waals surface area (Å²) in [6.45, 7) is 2.75. The minimum absolute atomic E-state index is 0.0272. The molecule has 2 saturated heterocycles. The first-order valence-electron chi connectivity index (χ1n) is 16.1. The molecule has 2 aliphatic rings. The van der Waals surface area contributed by atoms with Gasteiger partial charge in [-0.05, 0) is 74.9 Å². The fraction of sp³-hybridized carbons (Fsp3) is 0.375. The Labute approximate surface area is 300 Å². The molecule has 6 N–H and O–H groups in total. The Morgan fingerprint density at radius 2 is 0.981 bits per heavy atom. The zero-order valence-corrected chi connectivity index (χ0v) is 30.2. The van der Waals surface area contributed by atoms with E-state index < -0.39 is 55.3 Å². The molecular formula is C32H40N8O10S2. The van der Waals surface area contributed by atoms with Crippen molar-refractivity contribution < 1.29 is 45.7 Å². The predicted octanol–water partition coefficient (Wildman–Crippen LogP) is 0.736. The molecule has 0 bridgehead atoms. The van der Waals surface area contributed by atoms with E-state index in [-0.39, 0.29) is 20.9 Å². The number of piperidine rings is 2. The largest absolute Gasteiger partial charge is 0.370 e. The van der Waals surface area contributed by atoms with Gasteiger partial charge in [-0.25, -0.2) is 26.4 Å². The quantitative estimate of drug-likeness (QED) is 0.125. The fourth-order valence-corrected chi connectivity index (χ4v) is 7.32. The van der Waals surface area contributed by atoms with Gasteiger partial charge in [0.05, 0.1) is 21.2 Å². The predicted molar refractivity (Wildman–Crippen MR) is 191 cm³/mol. The van der Waals surface area contributed by atoms with Crippen molar-refractivity contribution in [2.75, 3.05) is 48.5 Å². The van der Waals surface area contributed by atoms with Gasteiger partial charge in [0.15, 0.2) is 19.7 Å². The van der Waals surface area contributed by atoms with Crippen molar-refractivity contribution in [3.8, 4) is 0 Å². The number of sulfone groups is 2. The lowest BCUT2D eigenvalue weighted by Gasteiger charge is -2.30. The Morgan fingerprint density at radius 1 is 0.635 bits per heavy atom. The van der Waals surface area contributed by atoms with Gasteiger partial charge in [0.25, 0.3) is 11.8 Å². The summed E-state index contributed by atoms with van der Waals surface area (Å²) in [6, 6.07) is 8.33. The lowest BCUT2D eigenvalue weighted by molar-refractivity contribution is -0.144. The van der Waals surface area contributed by atoms with Crippen LogP contribution in [0.1, 0.15) is 59.2 Å². The van der Waals surface area contributed by atoms with E-state index in [1.165, 1.54) is 36.4 Å². The molecule has 0 aromatic heterocycles. The van der Waals surface area contributed by atoms with Gasteiger partial charge < -0.3 is 30.9 Å². The van der Waals surface area contributed by atoms with E-state index in [1.54, 1.807) is 0 Å². The normalized spacial score (nSPS) is 16.0. The maximum absolute atomic E-state index is 12.7. The van der Waals surface area contributed by atoms with E-state index in [4.69, 9.17) is 11.5 Å². The number of carbonyl (C=O) groups excluding carboxylic acids is 4. The lowest BCUT2D eigenvalue weighted by atomic mass is 10.1. The maximum Gasteiger partial charge on any atom is 0.356 e. The molecule has 52 heavy (non-hydrogen) atoms. The molecule has 2 heterocycles. The van der Waals surface area contributed by atoms with Crippen LogP contribution in [0.4, 0.5) is 11.4 Å². The molecule has 2 aromatic carbocycles. The number of nitrogens with two attached hydrogens (primary N) is 2. The lowest BCUT2D eigenvalue weighted by Crippen LogP contribution is -2.35. The first-order chi connectivity index (χ1) is 24.5. The van der Waals surface area contributed by atoms with Crippen LogP contribution in [-0.2, 0) is 38.9 Å². The number of rotatable bonds is 8. The van der Waals surface area contributed by atoms with Crippen LogP contribution in [0, 0.1) is 0 Å². The number of hydrogen-bond acceptors (Lipinski definition) is 12. The highest BCUT2D eigenvalue weighted by atomic mass is 32.2. The number of hydrogen-bond donors (Lipinski definition) is 4. The third-order valence-electron chi connectivity index (χ3n) is 7.92. The van der Waals surface area contributed by atoms with Gasteiger partial charge in [-0.3, -0.25) is 9.59 Å². The van der Waals surface area contributed by atoms with Gasteiger partial charge in [0.2, 0.25) is 11.9 Å². The average Bonchev–Trinajstić information content (AvgIpc) is 3.11. The first kappa shape index (κ1) is 39.3. The van der Waals surface area contributed by atoms with Crippen molar-refractivity contribution in [2.45, 2.75) is 48.3 Å². The van der Waals surface area contributed by atoms with Crippen LogP contribution in [0.2, 0.25) is 0 Å². The third-order valence-corrected chi connectivity index (χ3v) is 10.2. The Morgan fingerprint density at radius 3 is 1.31 bits per heavy atom. The molecule has 0 saturated carbocycles. The maximum atomic E-state index is 12.7. The Balaban J connectivity index is 1.28. The van der Waals surface area contributed by atoms with Gasteiger partial charge in [0, 0.05) is 62.0 Å². The van der Waals surface area contributed by atoms with E-state index >= 15 is 0 Å². The Bertz CT molecular complexity index is 1880. The van der Waals surface area contributed by atoms with Crippen LogP contribution in [0.5, 0.6) is 0 Å². The number of nitrogens with zero attached hydrogens (tertiary/aromatic N) is 4. The van der Waals surface area contributed by atoms with Crippen molar-refractivity contribution >= 4 is 66.7 Å². The summed E-state index contributed by atoms with van der Waals surface area (Å²) in [5.74, 6) is -5.45. The summed E-state index contributed by atoms with van der Waals surface area (Å²) in [7, 11) is -7.39. The molecule has 2 amide bonds. The molecule has 0 radical (unpaired) electrons. The fourth-order valence-electron chi connectivity index (χ4n) is 5.48. The molecule has 2 aromatic rings. The molecule has 0 unspecified atom stereocenters. The SMILES string of the molecule is CS(=O)(=O)c1cc(C(=O)N=C(N)NOC(=O)/C=C/C(=O)ONC(N)=NC(=O)c2ccc(N3CCCCC3)c(S(C)(=O)=O)c2)ccc1N1CCCCC1. The summed E-state index contributed by atoms with van der Waals surface area (Å²) in [5, 5.41) is 0. The van der Waals surface area contributed by atoms with Crippen LogP contribution < -0.4 is 32.2 Å². The van der Waals surface area contributed by atoms with Crippen LogP contribution in [0.3, 0.4) is 0 Å². The monoisotopic (exact) mass is 760 g/mol. The molecular weight excluding hydrogens is 721 g/mol. The van der Waals surface area contributed by atoms with E-state index in [0.29, 0.717) is 49.7 Å². The van der Waals surface area contributed by atoms with Crippen molar-refractivity contribution in [3.63, 3.8) is 0 Å². The van der Waals surface area contributed by atoms with Crippen molar-refractivity contribution in [2.24, 2.45) is 21.5 Å². The highest BCUT2D eigenvalue weighted by molar-refractivity contribution is 7.91. The minimum Gasteiger partial charge on any atom is -0.370 e. The van der Waals surface area contributed by atoms with Crippen LogP contribution in [0.15, 0.2) is 68.3 Å². The zero-order valence-electron chi connectivity index (χ0n) is 28.5. The van der Waals surface area contributed by atoms with Crippen LogP contribution in [-0.4, -0.2) is 91.2 Å². The molecule has 18 nitrogen and oxygen atoms in total. The molecule has 20 heteroatoms. The van der Waals surface area contributed by atoms with Gasteiger partial charge in [-0.1, -0.05) is 0 Å². The number of carbonyl (C=O) groups is 4. The topological polar surface area (TPSA) is 262 Å². The molecule has 0 atom stereocenters. The second-order valence-electron chi connectivity index (χ2n) is 12.0. The second-order valence-corrected chi connectivity index (χ2v) is 16.0.